The number of halogens is 1. The summed E-state index contributed by atoms with van der Waals surface area (Å²) in [4.78, 5) is 12.5. The van der Waals surface area contributed by atoms with Gasteiger partial charge in [-0.2, -0.15) is 5.10 Å². The lowest BCUT2D eigenvalue weighted by Gasteiger charge is -2.10. The van der Waals surface area contributed by atoms with E-state index in [9.17, 15) is 4.79 Å². The largest absolute Gasteiger partial charge is 0.492 e. The fourth-order valence-electron chi connectivity index (χ4n) is 2.41. The van der Waals surface area contributed by atoms with E-state index in [-0.39, 0.29) is 5.91 Å². The van der Waals surface area contributed by atoms with Crippen LogP contribution in [0.25, 0.3) is 0 Å². The van der Waals surface area contributed by atoms with Gasteiger partial charge in [0.05, 0.1) is 30.6 Å². The Labute approximate surface area is 151 Å². The number of carbonyl (C=O) groups excluding carboxylic acids is 1. The molecule has 0 aliphatic heterocycles. The number of nitrogens with one attached hydrogen (secondary N) is 1. The molecule has 3 aromatic rings. The smallest absolute Gasteiger partial charge is 0.258 e. The minimum atomic E-state index is -0.238. The Hall–Kier alpha value is -2.79. The van der Waals surface area contributed by atoms with Crippen LogP contribution in [0.5, 0.6) is 5.75 Å². The van der Waals surface area contributed by atoms with Crippen molar-refractivity contribution in [3.8, 4) is 5.75 Å². The van der Waals surface area contributed by atoms with Crippen LogP contribution >= 0.6 is 11.6 Å². The summed E-state index contributed by atoms with van der Waals surface area (Å²) in [6, 6.07) is 14.9. The van der Waals surface area contributed by atoms with Gasteiger partial charge in [0, 0.05) is 11.2 Å². The maximum absolute atomic E-state index is 12.5. The number of aromatic nitrogens is 2. The van der Waals surface area contributed by atoms with E-state index in [2.05, 4.69) is 10.4 Å². The Morgan fingerprint density at radius 1 is 1.20 bits per heavy atom. The van der Waals surface area contributed by atoms with Crippen LogP contribution in [-0.2, 0) is 6.54 Å². The van der Waals surface area contributed by atoms with E-state index in [1.54, 1.807) is 16.9 Å². The Balaban J connectivity index is 1.72. The Kier molecular flexibility index (Phi) is 5.36. The molecule has 128 valence electrons. The fourth-order valence-corrected chi connectivity index (χ4v) is 2.61. The van der Waals surface area contributed by atoms with E-state index in [1.165, 1.54) is 6.20 Å². The van der Waals surface area contributed by atoms with E-state index in [1.807, 2.05) is 49.4 Å². The molecule has 0 bridgehead atoms. The summed E-state index contributed by atoms with van der Waals surface area (Å²) in [6.07, 6.45) is 3.23. The van der Waals surface area contributed by atoms with Crippen LogP contribution in [0.4, 0.5) is 5.69 Å². The van der Waals surface area contributed by atoms with Gasteiger partial charge < -0.3 is 10.1 Å². The lowest BCUT2D eigenvalue weighted by Crippen LogP contribution is -2.12. The summed E-state index contributed by atoms with van der Waals surface area (Å²) in [5.74, 6) is 0.402. The first-order valence-electron chi connectivity index (χ1n) is 7.96. The number of carbonyl (C=O) groups is 1. The van der Waals surface area contributed by atoms with Gasteiger partial charge in [-0.05, 0) is 30.7 Å². The molecule has 0 unspecified atom stereocenters. The number of anilines is 1. The van der Waals surface area contributed by atoms with E-state index in [4.69, 9.17) is 16.3 Å². The monoisotopic (exact) mass is 355 g/mol. The van der Waals surface area contributed by atoms with Gasteiger partial charge in [-0.1, -0.05) is 41.9 Å². The summed E-state index contributed by atoms with van der Waals surface area (Å²) in [5, 5.41) is 7.77. The SMILES string of the molecule is CCOc1ccccc1NC(=O)c1cnn(Cc2ccccc2Cl)c1. The zero-order chi connectivity index (χ0) is 17.6. The van der Waals surface area contributed by atoms with Gasteiger partial charge in [-0.15, -0.1) is 0 Å². The fraction of sp³-hybridized carbons (Fsp3) is 0.158. The molecule has 6 heteroatoms. The summed E-state index contributed by atoms with van der Waals surface area (Å²) in [6.45, 7) is 2.93. The molecule has 1 heterocycles. The topological polar surface area (TPSA) is 56.1 Å². The maximum Gasteiger partial charge on any atom is 0.258 e. The van der Waals surface area contributed by atoms with Gasteiger partial charge in [0.25, 0.3) is 5.91 Å². The molecule has 1 amide bonds. The van der Waals surface area contributed by atoms with E-state index in [0.717, 1.165) is 5.56 Å². The number of ether oxygens (including phenoxy) is 1. The van der Waals surface area contributed by atoms with Crippen molar-refractivity contribution >= 4 is 23.2 Å². The van der Waals surface area contributed by atoms with Gasteiger partial charge >= 0.3 is 0 Å². The number of amides is 1. The van der Waals surface area contributed by atoms with Crippen molar-refractivity contribution in [1.82, 2.24) is 9.78 Å². The van der Waals surface area contributed by atoms with Gasteiger partial charge in [0.2, 0.25) is 0 Å². The highest BCUT2D eigenvalue weighted by Crippen LogP contribution is 2.24. The third-order valence-corrected chi connectivity index (χ3v) is 3.99. The van der Waals surface area contributed by atoms with E-state index < -0.39 is 0 Å². The molecule has 2 aromatic carbocycles. The highest BCUT2D eigenvalue weighted by Gasteiger charge is 2.12. The summed E-state index contributed by atoms with van der Waals surface area (Å²) in [5.41, 5.74) is 2.05. The molecule has 3 rings (SSSR count). The van der Waals surface area contributed by atoms with E-state index >= 15 is 0 Å². The Morgan fingerprint density at radius 2 is 1.96 bits per heavy atom. The van der Waals surface area contributed by atoms with Crippen molar-refractivity contribution in [3.63, 3.8) is 0 Å². The second-order valence-electron chi connectivity index (χ2n) is 5.40. The van der Waals surface area contributed by atoms with Crippen LogP contribution in [-0.4, -0.2) is 22.3 Å². The average Bonchev–Trinajstić information content (AvgIpc) is 3.08. The first-order valence-corrected chi connectivity index (χ1v) is 8.34. The van der Waals surface area contributed by atoms with Crippen LogP contribution in [0, 0.1) is 0 Å². The molecule has 5 nitrogen and oxygen atoms in total. The standard InChI is InChI=1S/C19H18ClN3O2/c1-2-25-18-10-6-5-9-17(18)22-19(24)15-11-21-23(13-15)12-14-7-3-4-8-16(14)20/h3-11,13H,2,12H2,1H3,(H,22,24). The van der Waals surface area contributed by atoms with Crippen LogP contribution < -0.4 is 10.1 Å². The zero-order valence-electron chi connectivity index (χ0n) is 13.8. The van der Waals surface area contributed by atoms with Crippen molar-refractivity contribution in [2.45, 2.75) is 13.5 Å². The quantitative estimate of drug-likeness (QED) is 0.719. The molecule has 0 aliphatic carbocycles. The summed E-state index contributed by atoms with van der Waals surface area (Å²) in [7, 11) is 0. The van der Waals surface area contributed by atoms with Gasteiger partial charge in [0.15, 0.2) is 0 Å². The summed E-state index contributed by atoms with van der Waals surface area (Å²) >= 11 is 6.16. The normalized spacial score (nSPS) is 10.5. The number of para-hydroxylation sites is 2. The van der Waals surface area contributed by atoms with Crippen molar-refractivity contribution in [2.75, 3.05) is 11.9 Å². The molecule has 0 atom stereocenters. The molecular weight excluding hydrogens is 338 g/mol. The lowest BCUT2D eigenvalue weighted by molar-refractivity contribution is 0.102. The third kappa shape index (κ3) is 4.19. The van der Waals surface area contributed by atoms with E-state index in [0.29, 0.717) is 35.2 Å². The molecule has 0 aliphatic rings. The number of hydrogen-bond acceptors (Lipinski definition) is 3. The molecule has 1 N–H and O–H groups in total. The van der Waals surface area contributed by atoms with Crippen molar-refractivity contribution in [2.24, 2.45) is 0 Å². The first-order chi connectivity index (χ1) is 12.2. The second kappa shape index (κ2) is 7.85. The van der Waals surface area contributed by atoms with Gasteiger partial charge in [-0.25, -0.2) is 0 Å². The molecule has 0 radical (unpaired) electrons. The number of rotatable bonds is 6. The van der Waals surface area contributed by atoms with Crippen molar-refractivity contribution in [3.05, 3.63) is 77.1 Å². The van der Waals surface area contributed by atoms with Crippen molar-refractivity contribution in [1.29, 1.82) is 0 Å². The van der Waals surface area contributed by atoms with Gasteiger partial charge in [-0.3, -0.25) is 9.48 Å². The van der Waals surface area contributed by atoms with Crippen LogP contribution in [0.1, 0.15) is 22.8 Å². The molecular formula is C19H18ClN3O2. The lowest BCUT2D eigenvalue weighted by atomic mass is 10.2. The highest BCUT2D eigenvalue weighted by molar-refractivity contribution is 6.31. The second-order valence-corrected chi connectivity index (χ2v) is 5.81. The molecule has 0 saturated carbocycles. The van der Waals surface area contributed by atoms with Crippen LogP contribution in [0.2, 0.25) is 5.02 Å². The average molecular weight is 356 g/mol. The Morgan fingerprint density at radius 3 is 2.76 bits per heavy atom. The van der Waals surface area contributed by atoms with Gasteiger partial charge in [0.1, 0.15) is 5.75 Å². The minimum Gasteiger partial charge on any atom is -0.492 e. The maximum atomic E-state index is 12.5. The van der Waals surface area contributed by atoms with Crippen molar-refractivity contribution < 1.29 is 9.53 Å². The molecule has 0 saturated heterocycles. The molecule has 1 aromatic heterocycles. The third-order valence-electron chi connectivity index (χ3n) is 3.62. The number of benzene rings is 2. The zero-order valence-corrected chi connectivity index (χ0v) is 14.5. The first kappa shape index (κ1) is 17.0. The van der Waals surface area contributed by atoms with Crippen LogP contribution in [0.15, 0.2) is 60.9 Å². The molecule has 25 heavy (non-hydrogen) atoms. The molecule has 0 fully saturated rings. The number of hydrogen-bond donors (Lipinski definition) is 1. The predicted molar refractivity (Wildman–Crippen MR) is 98.3 cm³/mol. The predicted octanol–water partition coefficient (Wildman–Crippen LogP) is 4.24. The number of nitrogens with zero attached hydrogens (tertiary/aromatic N) is 2. The Bertz CT molecular complexity index is 876. The molecule has 0 spiro atoms. The highest BCUT2D eigenvalue weighted by atomic mass is 35.5. The summed E-state index contributed by atoms with van der Waals surface area (Å²) < 4.78 is 7.21. The van der Waals surface area contributed by atoms with Crippen LogP contribution in [0.3, 0.4) is 0 Å². The minimum absolute atomic E-state index is 0.238.